The summed E-state index contributed by atoms with van der Waals surface area (Å²) < 4.78 is 0. The maximum absolute atomic E-state index is 12.5. The molecule has 0 saturated carbocycles. The number of anilines is 1. The summed E-state index contributed by atoms with van der Waals surface area (Å²) in [6, 6.07) is 3.39. The average molecular weight is 347 g/mol. The van der Waals surface area contributed by atoms with Crippen LogP contribution in [0.4, 0.5) is 11.5 Å². The van der Waals surface area contributed by atoms with Crippen LogP contribution in [0, 0.1) is 10.1 Å². The van der Waals surface area contributed by atoms with Crippen LogP contribution in [0.5, 0.6) is 0 Å². The summed E-state index contributed by atoms with van der Waals surface area (Å²) >= 11 is 0. The Labute approximate surface area is 147 Å². The van der Waals surface area contributed by atoms with Gasteiger partial charge in [0.05, 0.1) is 11.5 Å². The number of nitrogens with zero attached hydrogens (tertiary/aromatic N) is 5. The highest BCUT2D eigenvalue weighted by Crippen LogP contribution is 2.25. The van der Waals surface area contributed by atoms with E-state index in [1.165, 1.54) is 12.5 Å². The number of pyridine rings is 1. The normalized spacial score (nSPS) is 22.0. The smallest absolute Gasteiger partial charge is 0.311 e. The van der Waals surface area contributed by atoms with Crippen molar-refractivity contribution in [2.75, 3.05) is 44.2 Å². The number of aromatic nitrogens is 1. The minimum absolute atomic E-state index is 0.0363. The van der Waals surface area contributed by atoms with Gasteiger partial charge in [-0.3, -0.25) is 19.8 Å². The van der Waals surface area contributed by atoms with E-state index in [0.717, 1.165) is 19.4 Å². The summed E-state index contributed by atoms with van der Waals surface area (Å²) in [5.41, 5.74) is 0.0363. The topological polar surface area (TPSA) is 82.8 Å². The Kier molecular flexibility index (Phi) is 5.47. The van der Waals surface area contributed by atoms with Crippen molar-refractivity contribution in [2.24, 2.45) is 0 Å². The molecule has 2 fully saturated rings. The lowest BCUT2D eigenvalue weighted by molar-refractivity contribution is -0.384. The number of carbonyl (C=O) groups excluding carboxylic acids is 1. The summed E-state index contributed by atoms with van der Waals surface area (Å²) in [4.78, 5) is 33.6. The largest absolute Gasteiger partial charge is 0.348 e. The van der Waals surface area contributed by atoms with Crippen LogP contribution in [0.1, 0.15) is 26.2 Å². The van der Waals surface area contributed by atoms with Gasteiger partial charge in [0.15, 0.2) is 0 Å². The number of hydrogen-bond acceptors (Lipinski definition) is 6. The van der Waals surface area contributed by atoms with Crippen molar-refractivity contribution in [3.8, 4) is 0 Å². The Bertz CT molecular complexity index is 630. The molecule has 0 bridgehead atoms. The van der Waals surface area contributed by atoms with Gasteiger partial charge in [-0.2, -0.15) is 0 Å². The van der Waals surface area contributed by atoms with E-state index in [2.05, 4.69) is 16.8 Å². The Balaban J connectivity index is 1.55. The van der Waals surface area contributed by atoms with Crippen LogP contribution in [0.2, 0.25) is 0 Å². The molecule has 1 aromatic rings. The van der Waals surface area contributed by atoms with Gasteiger partial charge in [-0.15, -0.1) is 0 Å². The second-order valence-electron chi connectivity index (χ2n) is 6.80. The van der Waals surface area contributed by atoms with Crippen molar-refractivity contribution in [1.29, 1.82) is 0 Å². The molecule has 0 N–H and O–H groups in total. The average Bonchev–Trinajstić information content (AvgIpc) is 2.62. The van der Waals surface area contributed by atoms with E-state index in [-0.39, 0.29) is 11.6 Å². The van der Waals surface area contributed by atoms with Gasteiger partial charge in [-0.25, -0.2) is 4.98 Å². The highest BCUT2D eigenvalue weighted by Gasteiger charge is 2.28. The molecule has 1 amide bonds. The van der Waals surface area contributed by atoms with Crippen molar-refractivity contribution in [3.05, 3.63) is 28.4 Å². The van der Waals surface area contributed by atoms with Crippen molar-refractivity contribution < 1.29 is 9.72 Å². The van der Waals surface area contributed by atoms with E-state index in [4.69, 9.17) is 0 Å². The molecule has 1 unspecified atom stereocenters. The number of hydrogen-bond donors (Lipinski definition) is 0. The Morgan fingerprint density at radius 3 is 2.72 bits per heavy atom. The summed E-state index contributed by atoms with van der Waals surface area (Å²) in [7, 11) is 0. The van der Waals surface area contributed by atoms with E-state index < -0.39 is 4.92 Å². The quantitative estimate of drug-likeness (QED) is 0.606. The molecule has 0 spiro atoms. The third kappa shape index (κ3) is 4.07. The lowest BCUT2D eigenvalue weighted by Crippen LogP contribution is -2.52. The molecule has 0 aliphatic carbocycles. The van der Waals surface area contributed by atoms with Crippen LogP contribution in [-0.2, 0) is 4.79 Å². The first-order chi connectivity index (χ1) is 12.1. The van der Waals surface area contributed by atoms with Gasteiger partial charge in [0.2, 0.25) is 11.7 Å². The summed E-state index contributed by atoms with van der Waals surface area (Å²) in [6.07, 6.45) is 4.96. The van der Waals surface area contributed by atoms with Gasteiger partial charge in [-0.1, -0.05) is 0 Å². The zero-order valence-corrected chi connectivity index (χ0v) is 14.6. The van der Waals surface area contributed by atoms with Gasteiger partial charge in [0, 0.05) is 51.0 Å². The molecule has 25 heavy (non-hydrogen) atoms. The molecule has 0 aromatic carbocycles. The highest BCUT2D eigenvalue weighted by atomic mass is 16.6. The van der Waals surface area contributed by atoms with Gasteiger partial charge in [0.25, 0.3) is 0 Å². The second-order valence-corrected chi connectivity index (χ2v) is 6.80. The highest BCUT2D eigenvalue weighted by molar-refractivity contribution is 5.78. The van der Waals surface area contributed by atoms with Gasteiger partial charge in [0.1, 0.15) is 0 Å². The van der Waals surface area contributed by atoms with E-state index in [9.17, 15) is 14.9 Å². The molecule has 1 aromatic heterocycles. The molecule has 3 rings (SSSR count). The standard InChI is InChI=1S/C17H25N5O3/c1-14-5-2-3-8-21(14)16(23)13-19-9-11-20(12-10-19)17-15(22(24)25)6-4-7-18-17/h4,6-7,14H,2-3,5,8-13H2,1H3. The van der Waals surface area contributed by atoms with Crippen LogP contribution >= 0.6 is 0 Å². The third-order valence-electron chi connectivity index (χ3n) is 5.12. The first-order valence-corrected chi connectivity index (χ1v) is 8.92. The molecule has 2 aliphatic rings. The minimum Gasteiger partial charge on any atom is -0.348 e. The monoisotopic (exact) mass is 347 g/mol. The fourth-order valence-corrected chi connectivity index (χ4v) is 3.64. The van der Waals surface area contributed by atoms with Gasteiger partial charge >= 0.3 is 5.69 Å². The second kappa shape index (κ2) is 7.77. The molecular formula is C17H25N5O3. The number of rotatable bonds is 4. The summed E-state index contributed by atoms with van der Waals surface area (Å²) in [5.74, 6) is 0.618. The fourth-order valence-electron chi connectivity index (χ4n) is 3.64. The fraction of sp³-hybridized carbons (Fsp3) is 0.647. The number of carbonyl (C=O) groups is 1. The number of amides is 1. The number of likely N-dealkylation sites (tertiary alicyclic amines) is 1. The van der Waals surface area contributed by atoms with Crippen molar-refractivity contribution in [2.45, 2.75) is 32.2 Å². The van der Waals surface area contributed by atoms with Crippen molar-refractivity contribution in [1.82, 2.24) is 14.8 Å². The number of nitro groups is 1. The molecule has 8 nitrogen and oxygen atoms in total. The van der Waals surface area contributed by atoms with Crippen LogP contribution in [0.3, 0.4) is 0 Å². The van der Waals surface area contributed by atoms with E-state index in [1.54, 1.807) is 12.3 Å². The van der Waals surface area contributed by atoms with E-state index in [1.807, 2.05) is 9.80 Å². The molecular weight excluding hydrogens is 322 g/mol. The maximum Gasteiger partial charge on any atom is 0.311 e. The molecule has 3 heterocycles. The molecule has 8 heteroatoms. The first-order valence-electron chi connectivity index (χ1n) is 8.92. The van der Waals surface area contributed by atoms with E-state index >= 15 is 0 Å². The first kappa shape index (κ1) is 17.6. The van der Waals surface area contributed by atoms with Gasteiger partial charge in [-0.05, 0) is 32.3 Å². The Morgan fingerprint density at radius 2 is 2.04 bits per heavy atom. The third-order valence-corrected chi connectivity index (χ3v) is 5.12. The SMILES string of the molecule is CC1CCCCN1C(=O)CN1CCN(c2ncccc2[N+](=O)[O-])CC1. The minimum atomic E-state index is -0.393. The lowest BCUT2D eigenvalue weighted by atomic mass is 10.0. The van der Waals surface area contributed by atoms with Crippen molar-refractivity contribution in [3.63, 3.8) is 0 Å². The molecule has 136 valence electrons. The van der Waals surface area contributed by atoms with Crippen LogP contribution in [0.15, 0.2) is 18.3 Å². The molecule has 2 aliphatic heterocycles. The lowest BCUT2D eigenvalue weighted by Gasteiger charge is -2.38. The zero-order valence-electron chi connectivity index (χ0n) is 14.6. The Morgan fingerprint density at radius 1 is 1.28 bits per heavy atom. The summed E-state index contributed by atoms with van der Waals surface area (Å²) in [5, 5.41) is 11.2. The predicted octanol–water partition coefficient (Wildman–Crippen LogP) is 1.51. The molecule has 1 atom stereocenters. The van der Waals surface area contributed by atoms with Gasteiger partial charge < -0.3 is 9.80 Å². The molecule has 2 saturated heterocycles. The van der Waals surface area contributed by atoms with Crippen LogP contribution in [0.25, 0.3) is 0 Å². The van der Waals surface area contributed by atoms with Crippen molar-refractivity contribution >= 4 is 17.4 Å². The van der Waals surface area contributed by atoms with Crippen LogP contribution in [-0.4, -0.2) is 70.9 Å². The molecule has 0 radical (unpaired) electrons. The predicted molar refractivity (Wildman–Crippen MR) is 94.6 cm³/mol. The summed E-state index contributed by atoms with van der Waals surface area (Å²) in [6.45, 7) is 6.11. The zero-order chi connectivity index (χ0) is 17.8. The van der Waals surface area contributed by atoms with Crippen LogP contribution < -0.4 is 4.90 Å². The maximum atomic E-state index is 12.5. The Hall–Kier alpha value is -2.22. The van der Waals surface area contributed by atoms with E-state index in [0.29, 0.717) is 44.6 Å². The number of piperidine rings is 1. The number of piperazine rings is 1.